The van der Waals surface area contributed by atoms with Gasteiger partial charge in [-0.1, -0.05) is 6.07 Å². The average molecular weight is 588 g/mol. The normalized spacial score (nSPS) is 21.2. The molecule has 224 valence electrons. The predicted octanol–water partition coefficient (Wildman–Crippen LogP) is 6.11. The van der Waals surface area contributed by atoms with Crippen LogP contribution in [0.25, 0.3) is 0 Å². The summed E-state index contributed by atoms with van der Waals surface area (Å²) >= 11 is 0. The van der Waals surface area contributed by atoms with Gasteiger partial charge in [-0.25, -0.2) is 4.39 Å². The van der Waals surface area contributed by atoms with Crippen molar-refractivity contribution in [1.82, 2.24) is 14.7 Å². The van der Waals surface area contributed by atoms with Gasteiger partial charge in [0.15, 0.2) is 0 Å². The summed E-state index contributed by atoms with van der Waals surface area (Å²) in [6, 6.07) is 4.77. The molecule has 41 heavy (non-hydrogen) atoms. The topological polar surface area (TPSA) is 43.9 Å². The van der Waals surface area contributed by atoms with Crippen LogP contribution in [0, 0.1) is 12.7 Å². The summed E-state index contributed by atoms with van der Waals surface area (Å²) in [7, 11) is 1.38. The van der Waals surface area contributed by atoms with Crippen molar-refractivity contribution >= 4 is 11.8 Å². The Hall–Kier alpha value is -3.15. The molecule has 0 radical (unpaired) electrons. The summed E-state index contributed by atoms with van der Waals surface area (Å²) in [6.45, 7) is 5.46. The van der Waals surface area contributed by atoms with Crippen LogP contribution in [0.1, 0.15) is 64.7 Å². The highest BCUT2D eigenvalue weighted by molar-refractivity contribution is 5.95. The Balaban J connectivity index is 1.65. The lowest BCUT2D eigenvalue weighted by Gasteiger charge is -2.47. The maximum absolute atomic E-state index is 14.0. The Morgan fingerprint density at radius 1 is 0.878 bits per heavy atom. The van der Waals surface area contributed by atoms with Crippen LogP contribution < -0.4 is 0 Å². The molecule has 2 aliphatic rings. The van der Waals surface area contributed by atoms with Crippen molar-refractivity contribution in [1.29, 1.82) is 0 Å². The Morgan fingerprint density at radius 2 is 1.46 bits per heavy atom. The molecule has 2 aromatic rings. The molecule has 0 aromatic heterocycles. The van der Waals surface area contributed by atoms with E-state index < -0.39 is 46.8 Å². The van der Waals surface area contributed by atoms with Crippen molar-refractivity contribution in [3.63, 3.8) is 0 Å². The second-order valence-corrected chi connectivity index (χ2v) is 10.9. The molecule has 0 spiro atoms. The summed E-state index contributed by atoms with van der Waals surface area (Å²) < 4.78 is 94.7. The van der Waals surface area contributed by atoms with Crippen molar-refractivity contribution in [2.75, 3.05) is 33.2 Å². The van der Waals surface area contributed by atoms with Gasteiger partial charge >= 0.3 is 12.4 Å². The van der Waals surface area contributed by atoms with E-state index in [-0.39, 0.29) is 23.9 Å². The number of carbonyl (C=O) groups excluding carboxylic acids is 2. The summed E-state index contributed by atoms with van der Waals surface area (Å²) in [4.78, 5) is 30.5. The lowest BCUT2D eigenvalue weighted by atomic mass is 9.81. The van der Waals surface area contributed by atoms with E-state index in [1.165, 1.54) is 31.0 Å². The van der Waals surface area contributed by atoms with Gasteiger partial charge < -0.3 is 9.80 Å². The minimum Gasteiger partial charge on any atom is -0.343 e. The summed E-state index contributed by atoms with van der Waals surface area (Å²) in [5.41, 5.74) is -2.43. The highest BCUT2D eigenvalue weighted by Crippen LogP contribution is 2.38. The van der Waals surface area contributed by atoms with E-state index in [1.807, 2.05) is 0 Å². The Kier molecular flexibility index (Phi) is 8.73. The van der Waals surface area contributed by atoms with Crippen LogP contribution in [0.15, 0.2) is 36.4 Å². The zero-order chi connectivity index (χ0) is 30.3. The number of rotatable bonds is 4. The highest BCUT2D eigenvalue weighted by Gasteiger charge is 2.41. The van der Waals surface area contributed by atoms with Gasteiger partial charge in [-0.2, -0.15) is 26.3 Å². The lowest BCUT2D eigenvalue weighted by Crippen LogP contribution is -2.55. The number of amides is 2. The van der Waals surface area contributed by atoms with Gasteiger partial charge in [-0.15, -0.1) is 0 Å². The predicted molar refractivity (Wildman–Crippen MR) is 138 cm³/mol. The maximum Gasteiger partial charge on any atom is 0.416 e. The number of piperidine rings is 2. The van der Waals surface area contributed by atoms with Crippen molar-refractivity contribution in [3.05, 3.63) is 70.0 Å². The number of hydrogen-bond acceptors (Lipinski definition) is 3. The van der Waals surface area contributed by atoms with Crippen LogP contribution in [-0.2, 0) is 17.1 Å². The molecule has 0 aliphatic carbocycles. The molecule has 0 unspecified atom stereocenters. The second kappa shape index (κ2) is 11.6. The van der Waals surface area contributed by atoms with Crippen LogP contribution in [0.2, 0.25) is 0 Å². The van der Waals surface area contributed by atoms with Crippen molar-refractivity contribution < 1.29 is 40.3 Å². The lowest BCUT2D eigenvalue weighted by molar-refractivity contribution is -0.143. The first-order valence-corrected chi connectivity index (χ1v) is 13.4. The van der Waals surface area contributed by atoms with Crippen LogP contribution in [-0.4, -0.2) is 71.8 Å². The first-order chi connectivity index (χ1) is 19.1. The van der Waals surface area contributed by atoms with Gasteiger partial charge in [0.05, 0.1) is 11.1 Å². The van der Waals surface area contributed by atoms with Gasteiger partial charge in [0.2, 0.25) is 5.91 Å². The Morgan fingerprint density at radius 3 is 1.98 bits per heavy atom. The largest absolute Gasteiger partial charge is 0.416 e. The van der Waals surface area contributed by atoms with E-state index in [2.05, 4.69) is 4.90 Å². The third kappa shape index (κ3) is 6.85. The molecule has 0 N–H and O–H groups in total. The summed E-state index contributed by atoms with van der Waals surface area (Å²) in [6.07, 6.45) is -8.25. The molecule has 4 rings (SSSR count). The molecule has 2 saturated heterocycles. The fourth-order valence-electron chi connectivity index (χ4n) is 6.10. The third-order valence-corrected chi connectivity index (χ3v) is 8.32. The number of halogens is 7. The fourth-order valence-corrected chi connectivity index (χ4v) is 6.10. The Labute approximate surface area is 233 Å². The number of likely N-dealkylation sites (N-methyl/N-ethyl adjacent to an activating group) is 1. The van der Waals surface area contributed by atoms with Crippen LogP contribution in [0.5, 0.6) is 0 Å². The van der Waals surface area contributed by atoms with E-state index >= 15 is 0 Å². The Bertz CT molecular complexity index is 1250. The molecular formula is C29H32F7N3O2. The highest BCUT2D eigenvalue weighted by atomic mass is 19.4. The molecule has 2 amide bonds. The van der Waals surface area contributed by atoms with Crippen LogP contribution >= 0.6 is 0 Å². The molecular weight excluding hydrogens is 555 g/mol. The third-order valence-electron chi connectivity index (χ3n) is 8.32. The number of benzene rings is 2. The number of aryl methyl sites for hydroxylation is 1. The first kappa shape index (κ1) is 30.8. The number of hydrogen-bond donors (Lipinski definition) is 0. The van der Waals surface area contributed by atoms with Gasteiger partial charge in [-0.05, 0) is 67.6 Å². The maximum atomic E-state index is 14.0. The molecule has 0 saturated carbocycles. The molecule has 2 heterocycles. The molecule has 5 nitrogen and oxygen atoms in total. The van der Waals surface area contributed by atoms with Gasteiger partial charge in [-0.3, -0.25) is 14.5 Å². The number of likely N-dealkylation sites (tertiary alicyclic amines) is 2. The smallest absolute Gasteiger partial charge is 0.343 e. The fraction of sp³-hybridized carbons (Fsp3) is 0.517. The monoisotopic (exact) mass is 587 g/mol. The van der Waals surface area contributed by atoms with Gasteiger partial charge in [0, 0.05) is 63.7 Å². The van der Waals surface area contributed by atoms with Crippen molar-refractivity contribution in [3.8, 4) is 0 Å². The zero-order valence-electron chi connectivity index (χ0n) is 22.9. The second-order valence-electron chi connectivity index (χ2n) is 10.9. The number of carbonyl (C=O) groups is 2. The van der Waals surface area contributed by atoms with E-state index in [1.54, 1.807) is 17.9 Å². The van der Waals surface area contributed by atoms with Crippen molar-refractivity contribution in [2.24, 2.45) is 0 Å². The van der Waals surface area contributed by atoms with Crippen LogP contribution in [0.3, 0.4) is 0 Å². The minimum atomic E-state index is -5.08. The molecule has 12 heteroatoms. The standard InChI is InChI=1S/C29H32F7N3O2/c1-17-12-22(30)4-5-24(17)25-16-39(23-6-9-38(10-7-23)18(2)40)11-8-26(25)37(3)27(41)19-13-20(28(31,32)33)15-21(14-19)29(34,35)36/h4-5,12-15,23,25-26H,6-11,16H2,1-3H3/t25-,26+/m0/s1. The van der Waals surface area contributed by atoms with E-state index in [0.717, 1.165) is 18.4 Å². The average Bonchev–Trinajstić information content (AvgIpc) is 2.91. The molecule has 2 aromatic carbocycles. The number of nitrogens with zero attached hydrogens (tertiary/aromatic N) is 3. The number of alkyl halides is 6. The molecule has 2 fully saturated rings. The van der Waals surface area contributed by atoms with E-state index in [9.17, 15) is 40.3 Å². The van der Waals surface area contributed by atoms with E-state index in [4.69, 9.17) is 0 Å². The summed E-state index contributed by atoms with van der Waals surface area (Å²) in [5, 5.41) is 0. The van der Waals surface area contributed by atoms with E-state index in [0.29, 0.717) is 50.3 Å². The zero-order valence-corrected chi connectivity index (χ0v) is 22.9. The summed E-state index contributed by atoms with van der Waals surface area (Å²) in [5.74, 6) is -1.78. The molecule has 2 atom stereocenters. The first-order valence-electron chi connectivity index (χ1n) is 13.4. The van der Waals surface area contributed by atoms with Gasteiger partial charge in [0.25, 0.3) is 5.91 Å². The molecule has 2 aliphatic heterocycles. The van der Waals surface area contributed by atoms with Crippen molar-refractivity contribution in [2.45, 2.75) is 63.5 Å². The SMILES string of the molecule is CC(=O)N1CCC(N2CC[C@@H](N(C)C(=O)c3cc(C(F)(F)F)cc(C(F)(F)F)c3)[C@H](c3ccc(F)cc3C)C2)CC1. The molecule has 0 bridgehead atoms. The van der Waals surface area contributed by atoms with Gasteiger partial charge in [0.1, 0.15) is 5.82 Å². The van der Waals surface area contributed by atoms with Crippen LogP contribution in [0.4, 0.5) is 30.7 Å². The quantitative estimate of drug-likeness (QED) is 0.406. The minimum absolute atomic E-state index is 0.00263.